The third-order valence-corrected chi connectivity index (χ3v) is 2.53. The second-order valence-corrected chi connectivity index (χ2v) is 3.83. The molecule has 1 atom stereocenters. The molecular formula is C11H13ClN2O3. The van der Waals surface area contributed by atoms with E-state index in [9.17, 15) is 14.7 Å². The minimum Gasteiger partial charge on any atom is -0.507 e. The fraction of sp³-hybridized carbons (Fsp3) is 0.273. The average molecular weight is 257 g/mol. The maximum absolute atomic E-state index is 11.1. The molecule has 0 bridgehead atoms. The van der Waals surface area contributed by atoms with Crippen molar-refractivity contribution in [3.8, 4) is 5.75 Å². The Labute approximate surface area is 104 Å². The number of carbonyl (C=O) groups excluding carboxylic acids is 2. The molecule has 0 aliphatic rings. The number of alkyl halides is 1. The molecule has 0 heterocycles. The van der Waals surface area contributed by atoms with Crippen molar-refractivity contribution < 1.29 is 14.7 Å². The van der Waals surface area contributed by atoms with Gasteiger partial charge in [-0.25, -0.2) is 0 Å². The number of phenols is 1. The lowest BCUT2D eigenvalue weighted by molar-refractivity contribution is -0.119. The van der Waals surface area contributed by atoms with E-state index in [1.54, 1.807) is 13.0 Å². The standard InChI is InChI=1S/C11H13ClN2O3/c1-6(14-10(16)5-12)7-2-3-9(15)8(4-7)11(13)17/h2-4,6,15H,5H2,1H3,(H2,13,17)(H,14,16). The van der Waals surface area contributed by atoms with Gasteiger partial charge < -0.3 is 16.2 Å². The number of hydrogen-bond acceptors (Lipinski definition) is 3. The summed E-state index contributed by atoms with van der Waals surface area (Å²) in [5, 5.41) is 12.0. The Morgan fingerprint density at radius 2 is 2.18 bits per heavy atom. The van der Waals surface area contributed by atoms with Gasteiger partial charge in [0.05, 0.1) is 11.6 Å². The van der Waals surface area contributed by atoms with Gasteiger partial charge in [0.2, 0.25) is 5.91 Å². The molecule has 4 N–H and O–H groups in total. The summed E-state index contributed by atoms with van der Waals surface area (Å²) in [6.45, 7) is 1.74. The van der Waals surface area contributed by atoms with E-state index < -0.39 is 5.91 Å². The predicted octanol–water partition coefficient (Wildman–Crippen LogP) is 0.907. The lowest BCUT2D eigenvalue weighted by Gasteiger charge is -2.14. The predicted molar refractivity (Wildman–Crippen MR) is 63.9 cm³/mol. The summed E-state index contributed by atoms with van der Waals surface area (Å²) in [5.41, 5.74) is 5.79. The molecule has 17 heavy (non-hydrogen) atoms. The van der Waals surface area contributed by atoms with Crippen molar-refractivity contribution in [3.05, 3.63) is 29.3 Å². The molecule has 1 aromatic rings. The van der Waals surface area contributed by atoms with Crippen LogP contribution in [0, 0.1) is 0 Å². The van der Waals surface area contributed by atoms with Crippen molar-refractivity contribution in [2.45, 2.75) is 13.0 Å². The third-order valence-electron chi connectivity index (χ3n) is 2.28. The van der Waals surface area contributed by atoms with Crippen LogP contribution in [0.15, 0.2) is 18.2 Å². The maximum atomic E-state index is 11.1. The van der Waals surface area contributed by atoms with Crippen LogP contribution in [-0.2, 0) is 4.79 Å². The second-order valence-electron chi connectivity index (χ2n) is 3.56. The molecule has 1 aromatic carbocycles. The number of rotatable bonds is 4. The summed E-state index contributed by atoms with van der Waals surface area (Å²) in [5.74, 6) is -1.35. The van der Waals surface area contributed by atoms with Crippen LogP contribution in [0.5, 0.6) is 5.75 Å². The number of carbonyl (C=O) groups is 2. The van der Waals surface area contributed by atoms with Crippen molar-refractivity contribution in [1.82, 2.24) is 5.32 Å². The molecule has 0 aliphatic heterocycles. The Balaban J connectivity index is 2.95. The van der Waals surface area contributed by atoms with Gasteiger partial charge in [-0.15, -0.1) is 11.6 Å². The summed E-state index contributed by atoms with van der Waals surface area (Å²) in [7, 11) is 0. The summed E-state index contributed by atoms with van der Waals surface area (Å²) in [4.78, 5) is 22.1. The van der Waals surface area contributed by atoms with Gasteiger partial charge in [-0.1, -0.05) is 6.07 Å². The van der Waals surface area contributed by atoms with Crippen molar-refractivity contribution in [2.24, 2.45) is 5.73 Å². The van der Waals surface area contributed by atoms with Crippen LogP contribution in [0.25, 0.3) is 0 Å². The normalized spacial score (nSPS) is 11.9. The Morgan fingerprint density at radius 1 is 1.53 bits per heavy atom. The number of hydrogen-bond donors (Lipinski definition) is 3. The number of halogens is 1. The lowest BCUT2D eigenvalue weighted by Crippen LogP contribution is -2.27. The molecule has 0 saturated carbocycles. The largest absolute Gasteiger partial charge is 0.507 e. The molecular weight excluding hydrogens is 244 g/mol. The monoisotopic (exact) mass is 256 g/mol. The number of amides is 2. The number of nitrogens with two attached hydrogens (primary N) is 1. The van der Waals surface area contributed by atoms with Gasteiger partial charge in [-0.2, -0.15) is 0 Å². The average Bonchev–Trinajstić information content (AvgIpc) is 2.28. The zero-order chi connectivity index (χ0) is 13.0. The topological polar surface area (TPSA) is 92.4 Å². The molecule has 0 aromatic heterocycles. The van der Waals surface area contributed by atoms with Gasteiger partial charge in [-0.3, -0.25) is 9.59 Å². The first kappa shape index (κ1) is 13.3. The summed E-state index contributed by atoms with van der Waals surface area (Å²) < 4.78 is 0. The Hall–Kier alpha value is -1.75. The molecule has 2 amide bonds. The first-order valence-electron chi connectivity index (χ1n) is 4.93. The van der Waals surface area contributed by atoms with Gasteiger partial charge in [0, 0.05) is 0 Å². The van der Waals surface area contributed by atoms with Crippen LogP contribution in [0.3, 0.4) is 0 Å². The highest BCUT2D eigenvalue weighted by Crippen LogP contribution is 2.21. The van der Waals surface area contributed by atoms with Gasteiger partial charge in [-0.05, 0) is 24.6 Å². The first-order chi connectivity index (χ1) is 7.95. The van der Waals surface area contributed by atoms with Crippen molar-refractivity contribution in [3.63, 3.8) is 0 Å². The Kier molecular flexibility index (Phi) is 4.34. The van der Waals surface area contributed by atoms with Crippen LogP contribution >= 0.6 is 11.6 Å². The van der Waals surface area contributed by atoms with Crippen LogP contribution in [0.1, 0.15) is 28.9 Å². The van der Waals surface area contributed by atoms with Crippen molar-refractivity contribution >= 4 is 23.4 Å². The van der Waals surface area contributed by atoms with E-state index in [0.29, 0.717) is 5.56 Å². The van der Waals surface area contributed by atoms with Gasteiger partial charge >= 0.3 is 0 Å². The quantitative estimate of drug-likeness (QED) is 0.699. The first-order valence-corrected chi connectivity index (χ1v) is 5.47. The molecule has 1 rings (SSSR count). The molecule has 0 aliphatic carbocycles. The van der Waals surface area contributed by atoms with Crippen LogP contribution in [0.4, 0.5) is 0 Å². The smallest absolute Gasteiger partial charge is 0.252 e. The highest BCUT2D eigenvalue weighted by atomic mass is 35.5. The maximum Gasteiger partial charge on any atom is 0.252 e. The molecule has 1 unspecified atom stereocenters. The number of benzene rings is 1. The highest BCUT2D eigenvalue weighted by Gasteiger charge is 2.13. The van der Waals surface area contributed by atoms with Gasteiger partial charge in [0.25, 0.3) is 5.91 Å². The van der Waals surface area contributed by atoms with E-state index in [2.05, 4.69) is 5.32 Å². The highest BCUT2D eigenvalue weighted by molar-refractivity contribution is 6.27. The molecule has 0 radical (unpaired) electrons. The second kappa shape index (κ2) is 5.54. The fourth-order valence-corrected chi connectivity index (χ4v) is 1.46. The van der Waals surface area contributed by atoms with Crippen LogP contribution in [0.2, 0.25) is 0 Å². The molecule has 0 fully saturated rings. The van der Waals surface area contributed by atoms with Crippen molar-refractivity contribution in [2.75, 3.05) is 5.88 Å². The summed E-state index contributed by atoms with van der Waals surface area (Å²) in [6, 6.07) is 4.08. The van der Waals surface area contributed by atoms with Crippen LogP contribution in [-0.4, -0.2) is 22.8 Å². The van der Waals surface area contributed by atoms with E-state index in [1.807, 2.05) is 0 Å². The minimum absolute atomic E-state index is 0.0227. The van der Waals surface area contributed by atoms with Crippen molar-refractivity contribution in [1.29, 1.82) is 0 Å². The van der Waals surface area contributed by atoms with Gasteiger partial charge in [0.15, 0.2) is 0 Å². The molecule has 5 nitrogen and oxygen atoms in total. The molecule has 0 saturated heterocycles. The third kappa shape index (κ3) is 3.35. The van der Waals surface area contributed by atoms with E-state index in [4.69, 9.17) is 17.3 Å². The van der Waals surface area contributed by atoms with E-state index in [1.165, 1.54) is 12.1 Å². The zero-order valence-electron chi connectivity index (χ0n) is 9.24. The zero-order valence-corrected chi connectivity index (χ0v) is 9.99. The van der Waals surface area contributed by atoms with Gasteiger partial charge in [0.1, 0.15) is 11.6 Å². The van der Waals surface area contributed by atoms with Crippen LogP contribution < -0.4 is 11.1 Å². The van der Waals surface area contributed by atoms with E-state index in [-0.39, 0.29) is 29.1 Å². The Morgan fingerprint density at radius 3 is 2.71 bits per heavy atom. The molecule has 0 spiro atoms. The lowest BCUT2D eigenvalue weighted by atomic mass is 10.0. The fourth-order valence-electron chi connectivity index (χ4n) is 1.38. The van der Waals surface area contributed by atoms with E-state index >= 15 is 0 Å². The van der Waals surface area contributed by atoms with E-state index in [0.717, 1.165) is 0 Å². The minimum atomic E-state index is -0.722. The Bertz CT molecular complexity index is 448. The summed E-state index contributed by atoms with van der Waals surface area (Å²) >= 11 is 5.36. The number of nitrogens with one attached hydrogen (secondary N) is 1. The number of aromatic hydroxyl groups is 1. The summed E-state index contributed by atoms with van der Waals surface area (Å²) in [6.07, 6.45) is 0. The number of primary amides is 1. The molecule has 6 heteroatoms. The molecule has 92 valence electrons. The SMILES string of the molecule is CC(NC(=O)CCl)c1ccc(O)c(C(N)=O)c1.